The van der Waals surface area contributed by atoms with Gasteiger partial charge in [-0.15, -0.1) is 0 Å². The number of hydrazone groups is 1. The van der Waals surface area contributed by atoms with Gasteiger partial charge in [0, 0.05) is 30.9 Å². The molecule has 3 rings (SSSR count). The van der Waals surface area contributed by atoms with Crippen molar-refractivity contribution in [1.82, 2.24) is 14.8 Å². The Hall–Kier alpha value is -3.13. The Morgan fingerprint density at radius 3 is 2.60 bits per heavy atom. The van der Waals surface area contributed by atoms with Gasteiger partial charge in [-0.05, 0) is 30.3 Å². The van der Waals surface area contributed by atoms with Gasteiger partial charge in [0.2, 0.25) is 0 Å². The van der Waals surface area contributed by atoms with Crippen LogP contribution in [0.4, 0.5) is 5.88 Å². The molecule has 9 heteroatoms. The zero-order valence-corrected chi connectivity index (χ0v) is 14.2. The van der Waals surface area contributed by atoms with Crippen LogP contribution >= 0.6 is 11.6 Å². The minimum atomic E-state index is -0.590. The van der Waals surface area contributed by atoms with Crippen molar-refractivity contribution in [2.24, 2.45) is 5.10 Å². The third-order valence-electron chi connectivity index (χ3n) is 3.27. The fraction of sp³-hybridized carbons (Fsp3) is 0.125. The summed E-state index contributed by atoms with van der Waals surface area (Å²) < 4.78 is 6.91. The minimum Gasteiger partial charge on any atom is -0.399 e. The molecule has 0 saturated carbocycles. The van der Waals surface area contributed by atoms with Gasteiger partial charge in [0.1, 0.15) is 10.6 Å². The van der Waals surface area contributed by atoms with E-state index >= 15 is 0 Å². The first kappa shape index (κ1) is 16.7. The molecule has 128 valence electrons. The quantitative estimate of drug-likeness (QED) is 0.394. The first-order chi connectivity index (χ1) is 11.9. The molecule has 8 nitrogen and oxygen atoms in total. The van der Waals surface area contributed by atoms with Crippen molar-refractivity contribution in [2.45, 2.75) is 0 Å². The van der Waals surface area contributed by atoms with Crippen LogP contribution in [0.25, 0.3) is 17.1 Å². The van der Waals surface area contributed by atoms with Crippen molar-refractivity contribution < 1.29 is 9.34 Å². The Labute approximate surface area is 148 Å². The molecule has 0 bridgehead atoms. The number of hydrogen-bond donors (Lipinski definition) is 0. The van der Waals surface area contributed by atoms with Crippen molar-refractivity contribution in [3.63, 3.8) is 0 Å². The van der Waals surface area contributed by atoms with E-state index in [1.165, 1.54) is 12.1 Å². The molecule has 0 aliphatic rings. The van der Waals surface area contributed by atoms with Crippen LogP contribution in [0, 0.1) is 10.1 Å². The van der Waals surface area contributed by atoms with Crippen molar-refractivity contribution in [1.29, 1.82) is 0 Å². The van der Waals surface area contributed by atoms with Crippen LogP contribution in [0.2, 0.25) is 5.02 Å². The fourth-order valence-corrected chi connectivity index (χ4v) is 2.26. The molecule has 0 N–H and O–H groups in total. The molecule has 25 heavy (non-hydrogen) atoms. The van der Waals surface area contributed by atoms with Gasteiger partial charge in [-0.3, -0.25) is 10.1 Å². The topological polar surface area (TPSA) is 89.7 Å². The van der Waals surface area contributed by atoms with E-state index in [1.807, 2.05) is 12.1 Å². The Morgan fingerprint density at radius 1 is 1.28 bits per heavy atom. The van der Waals surface area contributed by atoms with E-state index in [9.17, 15) is 10.1 Å². The van der Waals surface area contributed by atoms with Crippen LogP contribution in [0.3, 0.4) is 0 Å². The van der Waals surface area contributed by atoms with Crippen molar-refractivity contribution in [3.05, 3.63) is 63.3 Å². The molecule has 0 unspecified atom stereocenters. The van der Waals surface area contributed by atoms with Crippen LogP contribution in [-0.4, -0.2) is 40.0 Å². The number of nitro groups is 1. The van der Waals surface area contributed by atoms with Gasteiger partial charge in [-0.1, -0.05) is 11.6 Å². The lowest BCUT2D eigenvalue weighted by molar-refractivity contribution is -0.401. The average Bonchev–Trinajstić information content (AvgIpc) is 3.20. The predicted octanol–water partition coefficient (Wildman–Crippen LogP) is 3.59. The second-order valence-corrected chi connectivity index (χ2v) is 5.78. The molecule has 3 aromatic rings. The molecular formula is C16H14ClN5O3. The normalized spacial score (nSPS) is 11.2. The first-order valence-corrected chi connectivity index (χ1v) is 7.63. The van der Waals surface area contributed by atoms with Gasteiger partial charge in [-0.25, -0.2) is 4.68 Å². The van der Waals surface area contributed by atoms with Crippen molar-refractivity contribution in [3.8, 4) is 17.1 Å². The third-order valence-corrected chi connectivity index (χ3v) is 3.52. The number of aromatic nitrogens is 2. The van der Waals surface area contributed by atoms with E-state index in [0.29, 0.717) is 22.0 Å². The monoisotopic (exact) mass is 359 g/mol. The van der Waals surface area contributed by atoms with Crippen molar-refractivity contribution in [2.75, 3.05) is 14.1 Å². The van der Waals surface area contributed by atoms with Gasteiger partial charge in [0.15, 0.2) is 5.76 Å². The van der Waals surface area contributed by atoms with Gasteiger partial charge >= 0.3 is 5.88 Å². The van der Waals surface area contributed by atoms with Crippen LogP contribution in [0.1, 0.15) is 5.56 Å². The number of nitrogens with zero attached hydrogens (tertiary/aromatic N) is 5. The Morgan fingerprint density at radius 2 is 2.00 bits per heavy atom. The van der Waals surface area contributed by atoms with Crippen LogP contribution in [0.15, 0.2) is 52.1 Å². The second-order valence-electron chi connectivity index (χ2n) is 5.34. The number of furan rings is 1. The first-order valence-electron chi connectivity index (χ1n) is 7.25. The molecule has 0 atom stereocenters. The summed E-state index contributed by atoms with van der Waals surface area (Å²) >= 11 is 5.91. The summed E-state index contributed by atoms with van der Waals surface area (Å²) in [5, 5.41) is 21.8. The predicted molar refractivity (Wildman–Crippen MR) is 94.2 cm³/mol. The van der Waals surface area contributed by atoms with Crippen LogP contribution in [-0.2, 0) is 0 Å². The summed E-state index contributed by atoms with van der Waals surface area (Å²) in [5.74, 6) is -0.0499. The zero-order valence-electron chi connectivity index (χ0n) is 13.5. The van der Waals surface area contributed by atoms with E-state index in [2.05, 4.69) is 10.2 Å². The smallest absolute Gasteiger partial charge is 0.399 e. The molecule has 0 fully saturated rings. The number of halogens is 1. The Balaban J connectivity index is 2.07. The van der Waals surface area contributed by atoms with Crippen LogP contribution in [0.5, 0.6) is 0 Å². The third kappa shape index (κ3) is 3.69. The van der Waals surface area contributed by atoms with Gasteiger partial charge < -0.3 is 9.43 Å². The Kier molecular flexibility index (Phi) is 4.53. The molecular weight excluding hydrogens is 346 g/mol. The van der Waals surface area contributed by atoms with E-state index in [4.69, 9.17) is 16.0 Å². The number of hydrogen-bond acceptors (Lipinski definition) is 6. The zero-order chi connectivity index (χ0) is 18.0. The largest absolute Gasteiger partial charge is 0.433 e. The van der Waals surface area contributed by atoms with Gasteiger partial charge in [0.05, 0.1) is 18.0 Å². The lowest BCUT2D eigenvalue weighted by Gasteiger charge is -2.01. The summed E-state index contributed by atoms with van der Waals surface area (Å²) in [6.45, 7) is 0. The molecule has 0 amide bonds. The number of benzene rings is 1. The maximum absolute atomic E-state index is 10.8. The lowest BCUT2D eigenvalue weighted by Crippen LogP contribution is -2.01. The van der Waals surface area contributed by atoms with E-state index in [1.54, 1.807) is 48.3 Å². The van der Waals surface area contributed by atoms with Gasteiger partial charge in [0.25, 0.3) is 0 Å². The van der Waals surface area contributed by atoms with E-state index in [0.717, 1.165) is 5.69 Å². The Bertz CT molecular complexity index is 928. The highest BCUT2D eigenvalue weighted by Crippen LogP contribution is 2.28. The average molecular weight is 360 g/mol. The molecule has 0 aliphatic carbocycles. The highest BCUT2D eigenvalue weighted by molar-refractivity contribution is 6.30. The van der Waals surface area contributed by atoms with E-state index in [-0.39, 0.29) is 5.88 Å². The highest BCUT2D eigenvalue weighted by Gasteiger charge is 2.18. The summed E-state index contributed by atoms with van der Waals surface area (Å²) in [6, 6.07) is 9.95. The summed E-state index contributed by atoms with van der Waals surface area (Å²) in [5.41, 5.74) is 1.90. The maximum Gasteiger partial charge on any atom is 0.433 e. The van der Waals surface area contributed by atoms with Gasteiger partial charge in [-0.2, -0.15) is 10.2 Å². The fourth-order valence-electron chi connectivity index (χ4n) is 2.13. The molecule has 0 saturated heterocycles. The van der Waals surface area contributed by atoms with Crippen molar-refractivity contribution >= 4 is 23.7 Å². The standard InChI is InChI=1S/C16H14ClN5O3/c1-20(2)18-9-11-10-21(13-5-3-12(17)4-6-13)19-16(11)14-7-8-15(25-14)22(23)24/h3-10H,1-2H3/b18-9+. The molecule has 1 aromatic carbocycles. The highest BCUT2D eigenvalue weighted by atomic mass is 35.5. The lowest BCUT2D eigenvalue weighted by atomic mass is 10.2. The second kappa shape index (κ2) is 6.78. The summed E-state index contributed by atoms with van der Waals surface area (Å²) in [4.78, 5) is 10.3. The number of rotatable bonds is 5. The molecule has 0 radical (unpaired) electrons. The molecule has 2 aromatic heterocycles. The summed E-state index contributed by atoms with van der Waals surface area (Å²) in [7, 11) is 3.58. The SMILES string of the molecule is CN(C)/N=C/c1cn(-c2ccc(Cl)cc2)nc1-c1ccc([N+](=O)[O-])o1. The van der Waals surface area contributed by atoms with Crippen LogP contribution < -0.4 is 0 Å². The maximum atomic E-state index is 10.8. The summed E-state index contributed by atoms with van der Waals surface area (Å²) in [6.07, 6.45) is 3.38. The molecule has 0 aliphatic heterocycles. The van der Waals surface area contributed by atoms with E-state index < -0.39 is 4.92 Å². The molecule has 2 heterocycles. The molecule has 0 spiro atoms. The minimum absolute atomic E-state index is 0.291.